The van der Waals surface area contributed by atoms with Gasteiger partial charge in [-0.15, -0.1) is 0 Å². The lowest BCUT2D eigenvalue weighted by Crippen LogP contribution is -2.55. The molecule has 14 heavy (non-hydrogen) atoms. The minimum absolute atomic E-state index is 0.367. The van der Waals surface area contributed by atoms with Crippen molar-refractivity contribution in [2.45, 2.75) is 6.42 Å². The van der Waals surface area contributed by atoms with Crippen LogP contribution in [0.5, 0.6) is 0 Å². The second-order valence-corrected chi connectivity index (χ2v) is 2.68. The van der Waals surface area contributed by atoms with Crippen molar-refractivity contribution in [3.05, 3.63) is 0 Å². The van der Waals surface area contributed by atoms with Gasteiger partial charge in [0.15, 0.2) is 0 Å². The lowest BCUT2D eigenvalue weighted by Gasteiger charge is -2.23. The molecule has 0 atom stereocenters. The van der Waals surface area contributed by atoms with Crippen LogP contribution in [0, 0.1) is 0 Å². The molecule has 76 valence electrons. The maximum atomic E-state index is 11.1. The Morgan fingerprint density at radius 1 is 1.50 bits per heavy atom. The van der Waals surface area contributed by atoms with E-state index in [2.05, 4.69) is 5.32 Å². The summed E-state index contributed by atoms with van der Waals surface area (Å²) in [6, 6.07) is -0.852. The van der Waals surface area contributed by atoms with E-state index in [1.807, 2.05) is 5.32 Å². The van der Waals surface area contributed by atoms with Crippen LogP contribution in [0.1, 0.15) is 6.42 Å². The van der Waals surface area contributed by atoms with Crippen molar-refractivity contribution in [3.63, 3.8) is 0 Å². The van der Waals surface area contributed by atoms with Gasteiger partial charge in [-0.2, -0.15) is 0 Å². The van der Waals surface area contributed by atoms with Gasteiger partial charge >= 0.3 is 6.03 Å². The van der Waals surface area contributed by atoms with Crippen LogP contribution in [0.15, 0.2) is 0 Å². The second-order valence-electron chi connectivity index (χ2n) is 2.68. The zero-order valence-corrected chi connectivity index (χ0v) is 7.49. The number of amides is 5. The Labute approximate surface area is 79.4 Å². The average molecular weight is 199 g/mol. The van der Waals surface area contributed by atoms with E-state index in [9.17, 15) is 19.2 Å². The lowest BCUT2D eigenvalue weighted by atomic mass is 10.3. The van der Waals surface area contributed by atoms with Crippen LogP contribution in [0.25, 0.3) is 0 Å². The summed E-state index contributed by atoms with van der Waals surface area (Å²) in [7, 11) is 1.39. The molecule has 0 aromatic rings. The van der Waals surface area contributed by atoms with E-state index in [0.717, 1.165) is 0 Å². The van der Waals surface area contributed by atoms with Gasteiger partial charge in [0.05, 0.1) is 0 Å². The summed E-state index contributed by atoms with van der Waals surface area (Å²) in [4.78, 5) is 44.5. The Hall–Kier alpha value is -1.92. The number of hydrogen-bond acceptors (Lipinski definition) is 4. The summed E-state index contributed by atoms with van der Waals surface area (Å²) in [5.74, 6) is -1.78. The highest BCUT2D eigenvalue weighted by Crippen LogP contribution is 2.01. The zero-order valence-electron chi connectivity index (χ0n) is 7.49. The summed E-state index contributed by atoms with van der Waals surface area (Å²) in [5.41, 5.74) is 0. The van der Waals surface area contributed by atoms with E-state index in [0.29, 0.717) is 4.90 Å². The number of imide groups is 2. The maximum absolute atomic E-state index is 11.1. The van der Waals surface area contributed by atoms with Crippen molar-refractivity contribution in [2.24, 2.45) is 0 Å². The molecule has 0 aliphatic carbocycles. The highest BCUT2D eigenvalue weighted by molar-refractivity contribution is 6.15. The monoisotopic (exact) mass is 199 g/mol. The van der Waals surface area contributed by atoms with Gasteiger partial charge in [0.2, 0.25) is 17.7 Å². The van der Waals surface area contributed by atoms with Gasteiger partial charge in [-0.05, 0) is 0 Å². The zero-order chi connectivity index (χ0) is 10.7. The first-order chi connectivity index (χ1) is 6.54. The Balaban J connectivity index is 2.68. The van der Waals surface area contributed by atoms with E-state index in [-0.39, 0.29) is 6.54 Å². The minimum atomic E-state index is -0.852. The quantitative estimate of drug-likeness (QED) is 0.513. The van der Waals surface area contributed by atoms with E-state index in [1.54, 1.807) is 0 Å². The van der Waals surface area contributed by atoms with Crippen LogP contribution < -0.4 is 10.6 Å². The normalized spacial score (nSPS) is 16.6. The van der Waals surface area contributed by atoms with Crippen LogP contribution >= 0.6 is 0 Å². The van der Waals surface area contributed by atoms with Crippen molar-refractivity contribution >= 4 is 23.8 Å². The predicted octanol–water partition coefficient (Wildman–Crippen LogP) is -1.80. The van der Waals surface area contributed by atoms with Crippen molar-refractivity contribution < 1.29 is 19.2 Å². The number of nitrogens with zero attached hydrogens (tertiary/aromatic N) is 1. The largest absolute Gasteiger partial charge is 0.358 e. The molecular formula is C7H9N3O4. The van der Waals surface area contributed by atoms with E-state index < -0.39 is 30.2 Å². The van der Waals surface area contributed by atoms with Crippen LogP contribution in [-0.4, -0.2) is 42.2 Å². The SMILES string of the molecule is CNC(=O)CN1C(=O)CC(=O)NC1=O. The Bertz CT molecular complexity index is 292. The summed E-state index contributed by atoms with van der Waals surface area (Å²) >= 11 is 0. The van der Waals surface area contributed by atoms with Gasteiger partial charge < -0.3 is 5.32 Å². The molecule has 1 heterocycles. The van der Waals surface area contributed by atoms with Crippen molar-refractivity contribution in [3.8, 4) is 0 Å². The van der Waals surface area contributed by atoms with Gasteiger partial charge in [0.25, 0.3) is 0 Å². The number of urea groups is 1. The molecule has 0 radical (unpaired) electrons. The summed E-state index contributed by atoms with van der Waals surface area (Å²) in [6.07, 6.45) is -0.400. The molecule has 0 unspecified atom stereocenters. The average Bonchev–Trinajstić information content (AvgIpc) is 2.10. The number of barbiturate groups is 1. The number of hydrogen-bond donors (Lipinski definition) is 2. The van der Waals surface area contributed by atoms with E-state index in [1.165, 1.54) is 7.05 Å². The molecule has 0 spiro atoms. The van der Waals surface area contributed by atoms with Crippen LogP contribution in [0.2, 0.25) is 0 Å². The number of carbonyl (C=O) groups excluding carboxylic acids is 4. The van der Waals surface area contributed by atoms with Crippen molar-refractivity contribution in [2.75, 3.05) is 13.6 Å². The predicted molar refractivity (Wildman–Crippen MR) is 43.9 cm³/mol. The second kappa shape index (κ2) is 3.86. The number of likely N-dealkylation sites (N-methyl/N-ethyl adjacent to an activating group) is 1. The first-order valence-electron chi connectivity index (χ1n) is 3.89. The fraction of sp³-hybridized carbons (Fsp3) is 0.429. The van der Waals surface area contributed by atoms with Gasteiger partial charge in [-0.3, -0.25) is 24.6 Å². The van der Waals surface area contributed by atoms with Gasteiger partial charge in [0.1, 0.15) is 13.0 Å². The summed E-state index contributed by atoms with van der Waals surface area (Å²) in [5, 5.41) is 4.20. The third-order valence-electron chi connectivity index (χ3n) is 1.68. The van der Waals surface area contributed by atoms with Crippen molar-refractivity contribution in [1.29, 1.82) is 0 Å². The molecule has 1 fully saturated rings. The highest BCUT2D eigenvalue weighted by atomic mass is 16.2. The molecule has 7 heteroatoms. The molecule has 7 nitrogen and oxygen atoms in total. The number of carbonyl (C=O) groups is 4. The van der Waals surface area contributed by atoms with E-state index >= 15 is 0 Å². The third-order valence-corrected chi connectivity index (χ3v) is 1.68. The first-order valence-corrected chi connectivity index (χ1v) is 3.89. The topological polar surface area (TPSA) is 95.6 Å². The Kier molecular flexibility index (Phi) is 2.80. The molecule has 2 N–H and O–H groups in total. The van der Waals surface area contributed by atoms with Gasteiger partial charge in [-0.1, -0.05) is 0 Å². The number of rotatable bonds is 2. The molecule has 1 saturated heterocycles. The van der Waals surface area contributed by atoms with Crippen LogP contribution in [0.4, 0.5) is 4.79 Å². The highest BCUT2D eigenvalue weighted by Gasteiger charge is 2.31. The molecule has 1 rings (SSSR count). The van der Waals surface area contributed by atoms with Crippen LogP contribution in [0.3, 0.4) is 0 Å². The molecule has 1 aliphatic rings. The maximum Gasteiger partial charge on any atom is 0.331 e. The molecule has 5 amide bonds. The molecular weight excluding hydrogens is 190 g/mol. The fourth-order valence-corrected chi connectivity index (χ4v) is 0.960. The Morgan fingerprint density at radius 3 is 2.64 bits per heavy atom. The van der Waals surface area contributed by atoms with Crippen molar-refractivity contribution in [1.82, 2.24) is 15.5 Å². The van der Waals surface area contributed by atoms with Crippen LogP contribution in [-0.2, 0) is 14.4 Å². The molecule has 0 aromatic carbocycles. The molecule has 1 aliphatic heterocycles. The standard InChI is InChI=1S/C7H9N3O4/c1-8-5(12)3-10-6(13)2-4(11)9-7(10)14/h2-3H2,1H3,(H,8,12)(H,9,11,14). The number of nitrogens with one attached hydrogen (secondary N) is 2. The molecule has 0 bridgehead atoms. The molecule has 0 saturated carbocycles. The van der Waals surface area contributed by atoms with E-state index in [4.69, 9.17) is 0 Å². The lowest BCUT2D eigenvalue weighted by molar-refractivity contribution is -0.139. The third kappa shape index (κ3) is 2.06. The summed E-state index contributed by atoms with van der Waals surface area (Å²) in [6.45, 7) is -0.367. The first kappa shape index (κ1) is 10.2. The minimum Gasteiger partial charge on any atom is -0.358 e. The smallest absolute Gasteiger partial charge is 0.331 e. The fourth-order valence-electron chi connectivity index (χ4n) is 0.960. The van der Waals surface area contributed by atoms with Gasteiger partial charge in [-0.25, -0.2) is 4.79 Å². The molecule has 0 aromatic heterocycles. The summed E-state index contributed by atoms with van der Waals surface area (Å²) < 4.78 is 0. The Morgan fingerprint density at radius 2 is 2.14 bits per heavy atom. The van der Waals surface area contributed by atoms with Gasteiger partial charge in [0, 0.05) is 7.05 Å².